The van der Waals surface area contributed by atoms with Crippen molar-refractivity contribution in [1.29, 1.82) is 0 Å². The van der Waals surface area contributed by atoms with E-state index in [0.717, 1.165) is 70.1 Å². The van der Waals surface area contributed by atoms with E-state index in [4.69, 9.17) is 4.42 Å². The zero-order valence-electron chi connectivity index (χ0n) is 21.3. The lowest BCUT2D eigenvalue weighted by Crippen LogP contribution is -2.65. The van der Waals surface area contributed by atoms with Crippen LogP contribution in [0, 0.1) is 0 Å². The molecule has 1 N–H and O–H groups in total. The lowest BCUT2D eigenvalue weighted by molar-refractivity contribution is -0.133. The molecule has 2 aromatic rings. The smallest absolute Gasteiger partial charge is 0.271 e. The second-order valence-corrected chi connectivity index (χ2v) is 10.4. The van der Waals surface area contributed by atoms with E-state index in [-0.39, 0.29) is 17.9 Å². The molecule has 4 rings (SSSR count). The maximum atomic E-state index is 13.8. The third-order valence-electron chi connectivity index (χ3n) is 7.66. The molecule has 7 nitrogen and oxygen atoms in total. The summed E-state index contributed by atoms with van der Waals surface area (Å²) in [6, 6.07) is 3.92. The van der Waals surface area contributed by atoms with Gasteiger partial charge in [0.25, 0.3) is 5.91 Å². The van der Waals surface area contributed by atoms with E-state index < -0.39 is 5.54 Å². The van der Waals surface area contributed by atoms with Gasteiger partial charge in [0.1, 0.15) is 11.2 Å². The Morgan fingerprint density at radius 2 is 1.85 bits per heavy atom. The number of furan rings is 1. The molecule has 1 saturated carbocycles. The summed E-state index contributed by atoms with van der Waals surface area (Å²) in [5.41, 5.74) is 1.27. The molecule has 0 spiro atoms. The summed E-state index contributed by atoms with van der Waals surface area (Å²) in [5, 5.41) is 3.34. The van der Waals surface area contributed by atoms with E-state index in [9.17, 15) is 9.59 Å². The fourth-order valence-electron chi connectivity index (χ4n) is 5.81. The molecule has 0 radical (unpaired) electrons. The van der Waals surface area contributed by atoms with Crippen LogP contribution in [0.5, 0.6) is 0 Å². The molecular weight excluding hydrogens is 428 g/mol. The van der Waals surface area contributed by atoms with Gasteiger partial charge in [0.05, 0.1) is 18.3 Å². The number of hydrogen-bond acceptors (Lipinski definition) is 4. The number of nitrogens with one attached hydrogen (secondary N) is 1. The number of carbonyl (C=O) groups is 2. The van der Waals surface area contributed by atoms with Gasteiger partial charge in [0, 0.05) is 24.7 Å². The van der Waals surface area contributed by atoms with E-state index in [2.05, 4.69) is 24.1 Å². The van der Waals surface area contributed by atoms with Gasteiger partial charge in [-0.3, -0.25) is 9.59 Å². The standard InChI is InChI=1S/C27H42N4O3/c1-4-14-29(15-5-2)16-10-17-31-25(32)23-19-24-22(13-18-34-24)30(23)20-27(31,3)26(33)28-21-11-8-6-7-9-12-21/h13,18-19,21H,4-12,14-17,20H2,1-3H3,(H,28,33)/t27-/m1/s1. The third kappa shape index (κ3) is 5.04. The molecule has 3 heterocycles. The highest BCUT2D eigenvalue weighted by atomic mass is 16.3. The van der Waals surface area contributed by atoms with Crippen molar-refractivity contribution in [2.24, 2.45) is 0 Å². The SMILES string of the molecule is CCCN(CCC)CCCN1C(=O)c2cc3occc3n2C[C@]1(C)C(=O)NC1CCCCCC1. The Morgan fingerprint density at radius 1 is 1.15 bits per heavy atom. The van der Waals surface area contributed by atoms with Gasteiger partial charge in [-0.05, 0) is 58.7 Å². The average molecular weight is 471 g/mol. The second kappa shape index (κ2) is 11.0. The maximum absolute atomic E-state index is 13.8. The maximum Gasteiger partial charge on any atom is 0.271 e. The largest absolute Gasteiger partial charge is 0.463 e. The summed E-state index contributed by atoms with van der Waals surface area (Å²) >= 11 is 0. The van der Waals surface area contributed by atoms with Gasteiger partial charge in [-0.1, -0.05) is 39.5 Å². The molecule has 2 amide bonds. The van der Waals surface area contributed by atoms with Crippen LogP contribution >= 0.6 is 0 Å². The molecule has 7 heteroatoms. The van der Waals surface area contributed by atoms with Crippen LogP contribution in [0.1, 0.15) is 89.0 Å². The lowest BCUT2D eigenvalue weighted by Gasteiger charge is -2.44. The lowest BCUT2D eigenvalue weighted by atomic mass is 9.93. The van der Waals surface area contributed by atoms with Gasteiger partial charge in [-0.2, -0.15) is 0 Å². The summed E-state index contributed by atoms with van der Waals surface area (Å²) in [6.07, 6.45) is 11.6. The first-order chi connectivity index (χ1) is 16.5. The van der Waals surface area contributed by atoms with Crippen LogP contribution in [0.4, 0.5) is 0 Å². The van der Waals surface area contributed by atoms with Crippen molar-refractivity contribution in [3.8, 4) is 0 Å². The van der Waals surface area contributed by atoms with Gasteiger partial charge in [-0.25, -0.2) is 0 Å². The van der Waals surface area contributed by atoms with E-state index in [0.29, 0.717) is 24.4 Å². The summed E-state index contributed by atoms with van der Waals surface area (Å²) in [6.45, 7) is 10.5. The predicted molar refractivity (Wildman–Crippen MR) is 135 cm³/mol. The van der Waals surface area contributed by atoms with Crippen molar-refractivity contribution in [3.63, 3.8) is 0 Å². The zero-order chi connectivity index (χ0) is 24.1. The number of aromatic nitrogens is 1. The monoisotopic (exact) mass is 470 g/mol. The first kappa shape index (κ1) is 24.8. The normalized spacial score (nSPS) is 21.8. The highest BCUT2D eigenvalue weighted by Crippen LogP contribution is 2.33. The summed E-state index contributed by atoms with van der Waals surface area (Å²) in [5.74, 6) is -0.101. The molecule has 1 aliphatic carbocycles. The van der Waals surface area contributed by atoms with Crippen LogP contribution in [0.3, 0.4) is 0 Å². The zero-order valence-corrected chi connectivity index (χ0v) is 21.3. The molecule has 1 fully saturated rings. The quantitative estimate of drug-likeness (QED) is 0.507. The van der Waals surface area contributed by atoms with Crippen LogP contribution in [-0.2, 0) is 11.3 Å². The third-order valence-corrected chi connectivity index (χ3v) is 7.66. The van der Waals surface area contributed by atoms with E-state index in [1.54, 1.807) is 6.26 Å². The van der Waals surface area contributed by atoms with Gasteiger partial charge in [0.2, 0.25) is 5.91 Å². The van der Waals surface area contributed by atoms with Crippen LogP contribution in [0.2, 0.25) is 0 Å². The highest BCUT2D eigenvalue weighted by Gasteiger charge is 2.48. The van der Waals surface area contributed by atoms with Crippen molar-refractivity contribution in [2.75, 3.05) is 26.2 Å². The number of fused-ring (bicyclic) bond motifs is 3. The van der Waals surface area contributed by atoms with Gasteiger partial charge in [0.15, 0.2) is 5.58 Å². The number of nitrogens with zero attached hydrogens (tertiary/aromatic N) is 3. The first-order valence-corrected chi connectivity index (χ1v) is 13.4. The van der Waals surface area contributed by atoms with Crippen molar-refractivity contribution in [2.45, 2.75) is 96.7 Å². The fraction of sp³-hybridized carbons (Fsp3) is 0.704. The molecular formula is C27H42N4O3. The minimum atomic E-state index is -0.931. The Labute approximate surface area is 203 Å². The Morgan fingerprint density at radius 3 is 2.53 bits per heavy atom. The highest BCUT2D eigenvalue weighted by molar-refractivity contribution is 6.02. The number of carbonyl (C=O) groups excluding carboxylic acids is 2. The number of hydrogen-bond donors (Lipinski definition) is 1. The Kier molecular flexibility index (Phi) is 8.02. The van der Waals surface area contributed by atoms with Crippen molar-refractivity contribution in [3.05, 3.63) is 24.1 Å². The van der Waals surface area contributed by atoms with Crippen LogP contribution < -0.4 is 5.32 Å². The van der Waals surface area contributed by atoms with E-state index in [1.165, 1.54) is 12.8 Å². The van der Waals surface area contributed by atoms with Crippen LogP contribution in [-0.4, -0.2) is 63.9 Å². The molecule has 0 saturated heterocycles. The molecule has 2 aliphatic rings. The molecule has 0 aromatic carbocycles. The second-order valence-electron chi connectivity index (χ2n) is 10.4. The van der Waals surface area contributed by atoms with E-state index >= 15 is 0 Å². The molecule has 0 unspecified atom stereocenters. The van der Waals surface area contributed by atoms with Gasteiger partial charge >= 0.3 is 0 Å². The molecule has 1 aliphatic heterocycles. The number of amides is 2. The first-order valence-electron chi connectivity index (χ1n) is 13.4. The van der Waals surface area contributed by atoms with Gasteiger partial charge in [-0.15, -0.1) is 0 Å². The summed E-state index contributed by atoms with van der Waals surface area (Å²) in [4.78, 5) is 31.9. The molecule has 1 atom stereocenters. The molecule has 34 heavy (non-hydrogen) atoms. The molecule has 2 aromatic heterocycles. The summed E-state index contributed by atoms with van der Waals surface area (Å²) < 4.78 is 7.56. The Balaban J connectivity index is 1.56. The Bertz CT molecular complexity index is 966. The Hall–Kier alpha value is -2.28. The van der Waals surface area contributed by atoms with Crippen molar-refractivity contribution in [1.82, 2.24) is 19.7 Å². The average Bonchev–Trinajstić information content (AvgIpc) is 3.31. The predicted octanol–water partition coefficient (Wildman–Crippen LogP) is 4.80. The van der Waals surface area contributed by atoms with E-state index in [1.807, 2.05) is 28.5 Å². The van der Waals surface area contributed by atoms with Crippen molar-refractivity contribution >= 4 is 22.9 Å². The van der Waals surface area contributed by atoms with Crippen LogP contribution in [0.15, 0.2) is 22.8 Å². The van der Waals surface area contributed by atoms with Crippen LogP contribution in [0.25, 0.3) is 11.1 Å². The molecule has 188 valence electrons. The minimum Gasteiger partial charge on any atom is -0.463 e. The minimum absolute atomic E-state index is 0.0253. The topological polar surface area (TPSA) is 70.7 Å². The van der Waals surface area contributed by atoms with Crippen molar-refractivity contribution < 1.29 is 14.0 Å². The van der Waals surface area contributed by atoms with Gasteiger partial charge < -0.3 is 24.1 Å². The number of rotatable bonds is 10. The fourth-order valence-corrected chi connectivity index (χ4v) is 5.81. The molecule has 0 bridgehead atoms. The summed E-state index contributed by atoms with van der Waals surface area (Å²) in [7, 11) is 0.